The normalized spacial score (nSPS) is 10.8. The second-order valence-corrected chi connectivity index (χ2v) is 5.24. The number of thiophene rings is 1. The van der Waals surface area contributed by atoms with E-state index >= 15 is 0 Å². The zero-order chi connectivity index (χ0) is 16.8. The topological polar surface area (TPSA) is 68.6 Å². The van der Waals surface area contributed by atoms with Crippen LogP contribution in [-0.4, -0.2) is 27.1 Å². The number of ether oxygens (including phenoxy) is 3. The smallest absolute Gasteiger partial charge is 0.204 e. The lowest BCUT2D eigenvalue weighted by Gasteiger charge is -2.12. The molecule has 1 aromatic carbocycles. The van der Waals surface area contributed by atoms with Crippen molar-refractivity contribution in [3.8, 4) is 23.3 Å². The first-order valence-electron chi connectivity index (χ1n) is 6.63. The van der Waals surface area contributed by atoms with Gasteiger partial charge in [-0.05, 0) is 23.6 Å². The average Bonchev–Trinajstić information content (AvgIpc) is 3.12. The highest BCUT2D eigenvalue weighted by Gasteiger charge is 2.16. The largest absolute Gasteiger partial charge is 0.496 e. The Labute approximate surface area is 138 Å². The maximum Gasteiger partial charge on any atom is 0.204 e. The molecule has 23 heavy (non-hydrogen) atoms. The summed E-state index contributed by atoms with van der Waals surface area (Å²) in [5.41, 5.74) is 1.07. The summed E-state index contributed by atoms with van der Waals surface area (Å²) in [6, 6.07) is 6.94. The minimum absolute atomic E-state index is 0.0221. The molecule has 1 heterocycles. The van der Waals surface area contributed by atoms with Crippen molar-refractivity contribution in [2.45, 2.75) is 0 Å². The quantitative estimate of drug-likeness (QED) is 0.460. The molecule has 0 spiro atoms. The molecule has 0 N–H and O–H groups in total. The van der Waals surface area contributed by atoms with Crippen molar-refractivity contribution in [1.82, 2.24) is 0 Å². The molecule has 0 aliphatic carbocycles. The van der Waals surface area contributed by atoms with E-state index in [4.69, 9.17) is 14.2 Å². The van der Waals surface area contributed by atoms with Crippen LogP contribution in [0.3, 0.4) is 0 Å². The monoisotopic (exact) mass is 329 g/mol. The van der Waals surface area contributed by atoms with Gasteiger partial charge in [0.2, 0.25) is 5.78 Å². The lowest BCUT2D eigenvalue weighted by Crippen LogP contribution is -2.01. The SMILES string of the molecule is COc1cc(OC)c(OC)cc1/C=C(/C#N)C(=O)c1ccsc1. The molecule has 0 radical (unpaired) electrons. The second kappa shape index (κ2) is 7.47. The first kappa shape index (κ1) is 16.6. The van der Waals surface area contributed by atoms with Crippen molar-refractivity contribution in [2.24, 2.45) is 0 Å². The van der Waals surface area contributed by atoms with E-state index in [1.807, 2.05) is 6.07 Å². The van der Waals surface area contributed by atoms with Gasteiger partial charge in [0.05, 0.1) is 21.3 Å². The van der Waals surface area contributed by atoms with Crippen molar-refractivity contribution < 1.29 is 19.0 Å². The van der Waals surface area contributed by atoms with Crippen molar-refractivity contribution in [3.63, 3.8) is 0 Å². The van der Waals surface area contributed by atoms with Crippen LogP contribution in [0.25, 0.3) is 6.08 Å². The van der Waals surface area contributed by atoms with E-state index in [2.05, 4.69) is 0 Å². The highest BCUT2D eigenvalue weighted by molar-refractivity contribution is 7.08. The van der Waals surface area contributed by atoms with E-state index in [0.29, 0.717) is 28.4 Å². The molecule has 0 saturated carbocycles. The Morgan fingerprint density at radius 1 is 1.13 bits per heavy atom. The third kappa shape index (κ3) is 3.52. The van der Waals surface area contributed by atoms with Gasteiger partial charge in [0.25, 0.3) is 0 Å². The van der Waals surface area contributed by atoms with Gasteiger partial charge >= 0.3 is 0 Å². The van der Waals surface area contributed by atoms with Crippen LogP contribution in [0.4, 0.5) is 0 Å². The molecule has 0 atom stereocenters. The number of hydrogen-bond acceptors (Lipinski definition) is 6. The minimum Gasteiger partial charge on any atom is -0.496 e. The van der Waals surface area contributed by atoms with E-state index in [9.17, 15) is 10.1 Å². The molecule has 0 saturated heterocycles. The number of rotatable bonds is 6. The Morgan fingerprint density at radius 2 is 1.78 bits per heavy atom. The summed E-state index contributed by atoms with van der Waals surface area (Å²) in [4.78, 5) is 12.3. The highest BCUT2D eigenvalue weighted by Crippen LogP contribution is 2.35. The molecular weight excluding hydrogens is 314 g/mol. The van der Waals surface area contributed by atoms with Gasteiger partial charge in [-0.2, -0.15) is 16.6 Å². The number of nitriles is 1. The van der Waals surface area contributed by atoms with Gasteiger partial charge in [-0.3, -0.25) is 4.79 Å². The van der Waals surface area contributed by atoms with Crippen molar-refractivity contribution in [1.29, 1.82) is 5.26 Å². The fourth-order valence-corrected chi connectivity index (χ4v) is 2.65. The fraction of sp³-hybridized carbons (Fsp3) is 0.176. The van der Waals surface area contributed by atoms with Crippen LogP contribution in [-0.2, 0) is 0 Å². The molecular formula is C17H15NO4S. The molecule has 0 bridgehead atoms. The lowest BCUT2D eigenvalue weighted by molar-refractivity contribution is 0.104. The van der Waals surface area contributed by atoms with Crippen LogP contribution in [0.15, 0.2) is 34.5 Å². The molecule has 1 aromatic heterocycles. The molecule has 0 aliphatic heterocycles. The van der Waals surface area contributed by atoms with Crippen LogP contribution in [0.2, 0.25) is 0 Å². The highest BCUT2D eigenvalue weighted by atomic mass is 32.1. The number of allylic oxidation sites excluding steroid dienone is 1. The maximum atomic E-state index is 12.3. The number of benzene rings is 1. The van der Waals surface area contributed by atoms with Gasteiger partial charge in [0, 0.05) is 22.6 Å². The summed E-state index contributed by atoms with van der Waals surface area (Å²) in [6.45, 7) is 0. The van der Waals surface area contributed by atoms with Crippen LogP contribution >= 0.6 is 11.3 Å². The zero-order valence-electron chi connectivity index (χ0n) is 13.0. The van der Waals surface area contributed by atoms with Gasteiger partial charge in [0.15, 0.2) is 11.5 Å². The minimum atomic E-state index is -0.328. The fourth-order valence-electron chi connectivity index (χ4n) is 2.02. The van der Waals surface area contributed by atoms with E-state index in [1.54, 1.807) is 29.0 Å². The Balaban J connectivity index is 2.51. The van der Waals surface area contributed by atoms with Gasteiger partial charge in [-0.25, -0.2) is 0 Å². The molecule has 5 nitrogen and oxygen atoms in total. The number of methoxy groups -OCH3 is 3. The first-order valence-corrected chi connectivity index (χ1v) is 7.57. The third-order valence-electron chi connectivity index (χ3n) is 3.18. The van der Waals surface area contributed by atoms with E-state index in [0.717, 1.165) is 0 Å². The van der Waals surface area contributed by atoms with Gasteiger partial charge in [-0.15, -0.1) is 0 Å². The summed E-state index contributed by atoms with van der Waals surface area (Å²) in [5, 5.41) is 12.8. The Hall–Kier alpha value is -2.78. The van der Waals surface area contributed by atoms with Crippen LogP contribution in [0.5, 0.6) is 17.2 Å². The molecule has 0 unspecified atom stereocenters. The molecule has 0 amide bonds. The Morgan fingerprint density at radius 3 is 2.30 bits per heavy atom. The zero-order valence-corrected chi connectivity index (χ0v) is 13.8. The molecule has 2 aromatic rings. The number of nitrogens with zero attached hydrogens (tertiary/aromatic N) is 1. The van der Waals surface area contributed by atoms with E-state index < -0.39 is 0 Å². The van der Waals surface area contributed by atoms with Crippen molar-refractivity contribution >= 4 is 23.2 Å². The molecule has 6 heteroatoms. The predicted molar refractivity (Wildman–Crippen MR) is 88.3 cm³/mol. The maximum absolute atomic E-state index is 12.3. The van der Waals surface area contributed by atoms with Gasteiger partial charge < -0.3 is 14.2 Å². The van der Waals surface area contributed by atoms with Crippen LogP contribution in [0, 0.1) is 11.3 Å². The van der Waals surface area contributed by atoms with E-state index in [-0.39, 0.29) is 11.4 Å². The molecule has 0 aliphatic rings. The number of carbonyl (C=O) groups excluding carboxylic acids is 1. The average molecular weight is 329 g/mol. The number of carbonyl (C=O) groups is 1. The summed E-state index contributed by atoms with van der Waals surface area (Å²) in [6.07, 6.45) is 1.49. The third-order valence-corrected chi connectivity index (χ3v) is 3.87. The Kier molecular flexibility index (Phi) is 5.39. The predicted octanol–water partition coefficient (Wildman–Crippen LogP) is 3.56. The molecule has 118 valence electrons. The Bertz CT molecular complexity index is 773. The first-order chi connectivity index (χ1) is 11.1. The second-order valence-electron chi connectivity index (χ2n) is 4.46. The van der Waals surface area contributed by atoms with Crippen LogP contribution < -0.4 is 14.2 Å². The summed E-state index contributed by atoms with van der Waals surface area (Å²) >= 11 is 1.40. The van der Waals surface area contributed by atoms with Gasteiger partial charge in [-0.1, -0.05) is 0 Å². The number of ketones is 1. The van der Waals surface area contributed by atoms with E-state index in [1.165, 1.54) is 38.7 Å². The molecule has 2 rings (SSSR count). The number of hydrogen-bond donors (Lipinski definition) is 0. The van der Waals surface area contributed by atoms with Crippen molar-refractivity contribution in [2.75, 3.05) is 21.3 Å². The summed E-state index contributed by atoms with van der Waals surface area (Å²) in [5.74, 6) is 1.14. The number of Topliss-reactive ketones (excluding diaryl/α,β-unsaturated/α-hetero) is 1. The summed E-state index contributed by atoms with van der Waals surface area (Å²) < 4.78 is 15.8. The lowest BCUT2D eigenvalue weighted by atomic mass is 10.0. The van der Waals surface area contributed by atoms with Crippen LogP contribution in [0.1, 0.15) is 15.9 Å². The van der Waals surface area contributed by atoms with Gasteiger partial charge in [0.1, 0.15) is 17.4 Å². The standard InChI is InChI=1S/C17H15NO4S/c1-20-14-8-16(22-3)15(21-2)7-12(14)6-13(9-18)17(19)11-4-5-23-10-11/h4-8,10H,1-3H3/b13-6-. The molecule has 0 fully saturated rings. The summed E-state index contributed by atoms with van der Waals surface area (Å²) in [7, 11) is 4.54. The van der Waals surface area contributed by atoms with Crippen molar-refractivity contribution in [3.05, 3.63) is 45.7 Å².